The van der Waals surface area contributed by atoms with Gasteiger partial charge in [0.25, 0.3) is 0 Å². The van der Waals surface area contributed by atoms with Gasteiger partial charge in [-0.05, 0) is 75.3 Å². The first-order chi connectivity index (χ1) is 15.1. The number of nitrogens with zero attached hydrogens (tertiary/aromatic N) is 1. The monoisotopic (exact) mass is 527 g/mol. The van der Waals surface area contributed by atoms with Crippen LogP contribution in [0.2, 0.25) is 0 Å². The molecule has 0 spiro atoms. The van der Waals surface area contributed by atoms with Gasteiger partial charge in [0, 0.05) is 27.7 Å². The Morgan fingerprint density at radius 2 is 1.52 bits per heavy atom. The first-order valence-corrected chi connectivity index (χ1v) is 11.1. The fourth-order valence-corrected chi connectivity index (χ4v) is 2.13. The molecule has 0 aromatic heterocycles. The Hall–Kier alpha value is -1.96. The predicted molar refractivity (Wildman–Crippen MR) is 146 cm³/mol. The summed E-state index contributed by atoms with van der Waals surface area (Å²) in [5.41, 5.74) is 10.4. The summed E-state index contributed by atoms with van der Waals surface area (Å²) in [6.07, 6.45) is 4.30. The minimum absolute atomic E-state index is 0. The fraction of sp³-hybridized carbons (Fsp3) is 0.737. The van der Waals surface area contributed by atoms with Crippen molar-refractivity contribution in [1.82, 2.24) is 21.3 Å². The molecule has 0 rings (SSSR count). The molecule has 0 aliphatic heterocycles. The number of nitrogens with one attached hydrogen (secondary N) is 4. The van der Waals surface area contributed by atoms with E-state index in [1.807, 2.05) is 0 Å². The van der Waals surface area contributed by atoms with Gasteiger partial charge in [-0.15, -0.1) is 0 Å². The summed E-state index contributed by atoms with van der Waals surface area (Å²) in [6, 6.07) is -1.37. The van der Waals surface area contributed by atoms with Crippen molar-refractivity contribution >= 4 is 64.0 Å². The van der Waals surface area contributed by atoms with Crippen LogP contribution in [-0.2, 0) is 9.59 Å². The molecular weight excluding hydrogens is 486 g/mol. The van der Waals surface area contributed by atoms with E-state index < -0.39 is 24.0 Å². The Morgan fingerprint density at radius 1 is 1.00 bits per heavy atom. The molecule has 194 valence electrons. The Bertz CT molecular complexity index is 592. The quantitative estimate of drug-likeness (QED) is 0.101. The lowest BCUT2D eigenvalue weighted by atomic mass is 10.1. The lowest BCUT2D eigenvalue weighted by Gasteiger charge is -2.16. The van der Waals surface area contributed by atoms with Crippen LogP contribution in [0.4, 0.5) is 0 Å². The van der Waals surface area contributed by atoms with Gasteiger partial charge in [-0.1, -0.05) is 13.8 Å². The van der Waals surface area contributed by atoms with Gasteiger partial charge in [-0.25, -0.2) is 9.79 Å². The van der Waals surface area contributed by atoms with Crippen LogP contribution in [0.1, 0.15) is 46.0 Å². The number of hydrogen-bond donors (Lipinski definition) is 8. The van der Waals surface area contributed by atoms with E-state index in [9.17, 15) is 9.59 Å². The summed E-state index contributed by atoms with van der Waals surface area (Å²) in [4.78, 5) is 24.4. The first kappa shape index (κ1) is 38.3. The van der Waals surface area contributed by atoms with E-state index in [4.69, 9.17) is 46.1 Å². The SMILES string of the molecule is C.CN=C=S.CNC(=S)NCCCCC(NC(=S)NC)C(=O)O.NCCCCC(N)C(=O)O. The Labute approximate surface area is 213 Å². The minimum Gasteiger partial charge on any atom is -0.480 e. The highest BCUT2D eigenvalue weighted by Gasteiger charge is 2.17. The zero-order chi connectivity index (χ0) is 25.4. The minimum atomic E-state index is -0.933. The number of aliphatic imine (C=N–C) groups is 1. The molecule has 0 aromatic rings. The molecule has 2 atom stereocenters. The lowest BCUT2D eigenvalue weighted by molar-refractivity contribution is -0.140. The Morgan fingerprint density at radius 3 is 1.91 bits per heavy atom. The highest BCUT2D eigenvalue weighted by atomic mass is 32.1. The fourth-order valence-electron chi connectivity index (χ4n) is 1.88. The third-order valence-electron chi connectivity index (χ3n) is 3.64. The van der Waals surface area contributed by atoms with E-state index in [1.54, 1.807) is 21.1 Å². The van der Waals surface area contributed by atoms with Gasteiger partial charge in [-0.3, -0.25) is 4.79 Å². The van der Waals surface area contributed by atoms with Crippen molar-refractivity contribution in [3.8, 4) is 0 Å². The van der Waals surface area contributed by atoms with Gasteiger partial charge in [0.1, 0.15) is 12.1 Å². The van der Waals surface area contributed by atoms with Crippen molar-refractivity contribution in [2.24, 2.45) is 16.5 Å². The van der Waals surface area contributed by atoms with Crippen LogP contribution in [-0.4, -0.2) is 83.9 Å². The maximum atomic E-state index is 11.0. The maximum Gasteiger partial charge on any atom is 0.326 e. The van der Waals surface area contributed by atoms with Crippen LogP contribution in [0.15, 0.2) is 4.99 Å². The summed E-state index contributed by atoms with van der Waals surface area (Å²) in [6.45, 7) is 1.33. The molecule has 0 saturated heterocycles. The molecule has 0 bridgehead atoms. The molecule has 0 fully saturated rings. The highest BCUT2D eigenvalue weighted by Crippen LogP contribution is 2.01. The van der Waals surface area contributed by atoms with Gasteiger partial charge in [0.05, 0.1) is 5.16 Å². The standard InChI is InChI=1S/C10H20N4O2S2.C6H14N2O2.C2H3NS.CH4/c1-11-9(17)13-6-4-3-5-7(8(15)16)14-10(18)12-2;7-4-2-1-3-5(8)6(9)10;1-3-2-4;/h7H,3-6H2,1-2H3,(H,15,16)(H2,11,13,17)(H2,12,14,18);5H,1-4,7-8H2,(H,9,10);1H3;1H4. The molecule has 0 aliphatic rings. The second-order valence-corrected chi connectivity index (χ2v) is 7.16. The molecule has 33 heavy (non-hydrogen) atoms. The number of thiocarbonyl (C=S) groups is 3. The van der Waals surface area contributed by atoms with Crippen LogP contribution in [0, 0.1) is 0 Å². The second kappa shape index (κ2) is 28.1. The number of isothiocyanates is 1. The van der Waals surface area contributed by atoms with Gasteiger partial charge in [0.15, 0.2) is 10.2 Å². The van der Waals surface area contributed by atoms with Crippen LogP contribution in [0.5, 0.6) is 0 Å². The van der Waals surface area contributed by atoms with Gasteiger partial charge in [0.2, 0.25) is 0 Å². The third-order valence-corrected chi connectivity index (χ3v) is 4.49. The van der Waals surface area contributed by atoms with Crippen molar-refractivity contribution in [3.63, 3.8) is 0 Å². The number of nitrogens with two attached hydrogens (primary N) is 2. The summed E-state index contributed by atoms with van der Waals surface area (Å²) < 4.78 is 0. The first-order valence-electron chi connectivity index (χ1n) is 9.92. The molecule has 0 saturated carbocycles. The smallest absolute Gasteiger partial charge is 0.326 e. The number of carbonyl (C=O) groups is 2. The summed E-state index contributed by atoms with van der Waals surface area (Å²) in [5.74, 6) is -1.83. The van der Waals surface area contributed by atoms with E-state index in [-0.39, 0.29) is 7.43 Å². The van der Waals surface area contributed by atoms with Crippen molar-refractivity contribution in [3.05, 3.63) is 0 Å². The number of unbranched alkanes of at least 4 members (excludes halogenated alkanes) is 2. The summed E-state index contributed by atoms with van der Waals surface area (Å²) in [5, 5.41) is 31.6. The second-order valence-electron chi connectivity index (χ2n) is 6.16. The Balaban J connectivity index is -0.000000236. The van der Waals surface area contributed by atoms with Crippen LogP contribution in [0.3, 0.4) is 0 Å². The van der Waals surface area contributed by atoms with Crippen molar-refractivity contribution in [2.45, 2.75) is 58.0 Å². The molecule has 0 aromatic carbocycles. The molecule has 14 heteroatoms. The molecule has 0 amide bonds. The molecule has 0 aliphatic carbocycles. The number of rotatable bonds is 12. The van der Waals surface area contributed by atoms with Crippen molar-refractivity contribution < 1.29 is 19.8 Å². The number of aliphatic carboxylic acids is 2. The molecule has 0 heterocycles. The van der Waals surface area contributed by atoms with Crippen molar-refractivity contribution in [1.29, 1.82) is 0 Å². The van der Waals surface area contributed by atoms with Gasteiger partial charge < -0.3 is 42.9 Å². The summed E-state index contributed by atoms with van der Waals surface area (Å²) >= 11 is 13.9. The molecule has 11 nitrogen and oxygen atoms in total. The van der Waals surface area contributed by atoms with E-state index in [0.717, 1.165) is 32.2 Å². The van der Waals surface area contributed by atoms with Gasteiger partial charge >= 0.3 is 11.9 Å². The lowest BCUT2D eigenvalue weighted by Crippen LogP contribution is -2.44. The molecular formula is C19H41N7O4S3. The number of hydrogen-bond acceptors (Lipinski definition) is 8. The van der Waals surface area contributed by atoms with Crippen LogP contribution < -0.4 is 32.7 Å². The Kier molecular flexibility index (Phi) is 32.6. The molecule has 2 unspecified atom stereocenters. The molecule has 0 radical (unpaired) electrons. The average molecular weight is 528 g/mol. The normalized spacial score (nSPS) is 10.6. The number of carboxylic acids is 2. The topological polar surface area (TPSA) is 187 Å². The predicted octanol–water partition coefficient (Wildman–Crippen LogP) is 0.680. The highest BCUT2D eigenvalue weighted by molar-refractivity contribution is 7.80. The largest absolute Gasteiger partial charge is 0.480 e. The van der Waals surface area contributed by atoms with E-state index in [1.165, 1.54) is 0 Å². The van der Waals surface area contributed by atoms with E-state index >= 15 is 0 Å². The zero-order valence-corrected chi connectivity index (χ0v) is 21.3. The van der Waals surface area contributed by atoms with E-state index in [0.29, 0.717) is 29.6 Å². The average Bonchev–Trinajstić information content (AvgIpc) is 2.77. The van der Waals surface area contributed by atoms with Crippen LogP contribution >= 0.6 is 36.7 Å². The zero-order valence-electron chi connectivity index (χ0n) is 18.8. The van der Waals surface area contributed by atoms with Crippen LogP contribution in [0.25, 0.3) is 0 Å². The third kappa shape index (κ3) is 30.0. The summed E-state index contributed by atoms with van der Waals surface area (Å²) in [7, 11) is 4.99. The maximum absolute atomic E-state index is 11.0. The van der Waals surface area contributed by atoms with E-state index in [2.05, 4.69) is 43.6 Å². The molecule has 10 N–H and O–H groups in total. The van der Waals surface area contributed by atoms with Gasteiger partial charge in [-0.2, -0.15) is 0 Å². The number of carboxylic acid groups (broad SMARTS) is 2. The van der Waals surface area contributed by atoms with Crippen molar-refractivity contribution in [2.75, 3.05) is 34.2 Å².